The third kappa shape index (κ3) is 7.05. The first-order chi connectivity index (χ1) is 7.61. The van der Waals surface area contributed by atoms with Crippen LogP contribution in [0.1, 0.15) is 5.56 Å². The van der Waals surface area contributed by atoms with Gasteiger partial charge in [-0.05, 0) is 24.6 Å². The van der Waals surface area contributed by atoms with Crippen molar-refractivity contribution < 1.29 is 9.59 Å². The van der Waals surface area contributed by atoms with Crippen LogP contribution in [0, 0.1) is 6.92 Å². The summed E-state index contributed by atoms with van der Waals surface area (Å²) in [6.07, 6.45) is 1.60. The first-order valence-electron chi connectivity index (χ1n) is 4.81. The maximum atomic E-state index is 11.3. The predicted molar refractivity (Wildman–Crippen MR) is 74.2 cm³/mol. The number of carbonyl (C=O) groups excluding carboxylic acids is 2. The van der Waals surface area contributed by atoms with Crippen LogP contribution >= 0.6 is 24.8 Å². The molecular formula is C10H16Cl2N4O2. The summed E-state index contributed by atoms with van der Waals surface area (Å²) in [6.45, 7) is 1.66. The number of nitrogens with zero attached hydrogens (tertiary/aromatic N) is 1. The Morgan fingerprint density at radius 1 is 1.33 bits per heavy atom. The van der Waals surface area contributed by atoms with E-state index < -0.39 is 0 Å². The zero-order chi connectivity index (χ0) is 12.0. The second kappa shape index (κ2) is 9.64. The second-order valence-electron chi connectivity index (χ2n) is 3.25. The lowest BCUT2D eigenvalue weighted by Crippen LogP contribution is -2.36. The highest BCUT2D eigenvalue weighted by atomic mass is 35.5. The van der Waals surface area contributed by atoms with E-state index >= 15 is 0 Å². The molecule has 1 aromatic rings. The lowest BCUT2D eigenvalue weighted by atomic mass is 10.3. The van der Waals surface area contributed by atoms with E-state index in [2.05, 4.69) is 15.6 Å². The maximum Gasteiger partial charge on any atom is 0.244 e. The molecule has 6 nitrogen and oxygen atoms in total. The molecule has 0 aromatic carbocycles. The fraction of sp³-hybridized carbons (Fsp3) is 0.300. The molecule has 0 saturated heterocycles. The van der Waals surface area contributed by atoms with Crippen molar-refractivity contribution in [2.24, 2.45) is 5.73 Å². The van der Waals surface area contributed by atoms with Crippen LogP contribution in [0.15, 0.2) is 18.3 Å². The molecule has 1 rings (SSSR count). The van der Waals surface area contributed by atoms with Gasteiger partial charge in [0.1, 0.15) is 5.82 Å². The molecule has 102 valence electrons. The average molecular weight is 295 g/mol. The highest BCUT2D eigenvalue weighted by Crippen LogP contribution is 2.04. The summed E-state index contributed by atoms with van der Waals surface area (Å²) in [5, 5.41) is 4.92. The number of hydrogen-bond donors (Lipinski definition) is 3. The minimum Gasteiger partial charge on any atom is -0.346 e. The standard InChI is InChI=1S/C10H14N4O2.2ClH/c1-7-2-3-12-8(4-7)14-10(16)6-13-9(15)5-11;;/h2-4H,5-6,11H2,1H3,(H,13,15)(H,12,14,16);2*1H. The number of nitrogens with two attached hydrogens (primary N) is 1. The Hall–Kier alpha value is -1.37. The van der Waals surface area contributed by atoms with Gasteiger partial charge in [0.25, 0.3) is 0 Å². The number of halogens is 2. The molecule has 0 spiro atoms. The maximum absolute atomic E-state index is 11.3. The third-order valence-corrected chi connectivity index (χ3v) is 1.81. The average Bonchev–Trinajstić information content (AvgIpc) is 2.26. The summed E-state index contributed by atoms with van der Waals surface area (Å²) in [4.78, 5) is 26.1. The topological polar surface area (TPSA) is 97.1 Å². The number of carbonyl (C=O) groups is 2. The van der Waals surface area contributed by atoms with Gasteiger partial charge in [-0.1, -0.05) is 0 Å². The molecular weight excluding hydrogens is 279 g/mol. The van der Waals surface area contributed by atoms with Crippen molar-refractivity contribution in [2.75, 3.05) is 18.4 Å². The van der Waals surface area contributed by atoms with Gasteiger partial charge in [0, 0.05) is 6.20 Å². The van der Waals surface area contributed by atoms with Gasteiger partial charge in [-0.3, -0.25) is 9.59 Å². The Morgan fingerprint density at radius 2 is 2.00 bits per heavy atom. The van der Waals surface area contributed by atoms with Crippen LogP contribution in [0.4, 0.5) is 5.82 Å². The molecule has 2 amide bonds. The predicted octanol–water partition coefficient (Wildman–Crippen LogP) is 0.247. The minimum atomic E-state index is -0.368. The summed E-state index contributed by atoms with van der Waals surface area (Å²) in [6, 6.07) is 3.56. The van der Waals surface area contributed by atoms with Gasteiger partial charge in [0.05, 0.1) is 13.1 Å². The fourth-order valence-corrected chi connectivity index (χ4v) is 1.04. The molecule has 1 heterocycles. The smallest absolute Gasteiger partial charge is 0.244 e. The Bertz CT molecular complexity index is 401. The molecule has 0 aliphatic carbocycles. The van der Waals surface area contributed by atoms with Crippen molar-refractivity contribution in [3.63, 3.8) is 0 Å². The van der Waals surface area contributed by atoms with Gasteiger partial charge in [-0.2, -0.15) is 0 Å². The van der Waals surface area contributed by atoms with E-state index in [1.807, 2.05) is 13.0 Å². The zero-order valence-electron chi connectivity index (χ0n) is 9.80. The number of pyridine rings is 1. The summed E-state index contributed by atoms with van der Waals surface area (Å²) >= 11 is 0. The highest BCUT2D eigenvalue weighted by Gasteiger charge is 2.04. The molecule has 1 aromatic heterocycles. The first kappa shape index (κ1) is 19.0. The van der Waals surface area contributed by atoms with Crippen molar-refractivity contribution in [2.45, 2.75) is 6.92 Å². The molecule has 0 saturated carbocycles. The Labute approximate surface area is 118 Å². The lowest BCUT2D eigenvalue weighted by Gasteiger charge is -2.05. The summed E-state index contributed by atoms with van der Waals surface area (Å²) in [5.41, 5.74) is 6.07. The Balaban J connectivity index is 0. The molecule has 4 N–H and O–H groups in total. The fourth-order valence-electron chi connectivity index (χ4n) is 1.04. The van der Waals surface area contributed by atoms with E-state index in [9.17, 15) is 9.59 Å². The monoisotopic (exact) mass is 294 g/mol. The molecule has 0 bridgehead atoms. The molecule has 0 fully saturated rings. The quantitative estimate of drug-likeness (QED) is 0.741. The molecule has 0 aliphatic rings. The molecule has 0 aliphatic heterocycles. The highest BCUT2D eigenvalue weighted by molar-refractivity contribution is 5.94. The normalized spacial score (nSPS) is 8.56. The van der Waals surface area contributed by atoms with Crippen molar-refractivity contribution in [3.8, 4) is 0 Å². The molecule has 0 radical (unpaired) electrons. The van der Waals surface area contributed by atoms with Gasteiger partial charge < -0.3 is 16.4 Å². The van der Waals surface area contributed by atoms with Gasteiger partial charge >= 0.3 is 0 Å². The largest absolute Gasteiger partial charge is 0.346 e. The number of aryl methyl sites for hydroxylation is 1. The van der Waals surface area contributed by atoms with E-state index in [-0.39, 0.29) is 49.7 Å². The van der Waals surface area contributed by atoms with Gasteiger partial charge in [-0.25, -0.2) is 4.98 Å². The molecule has 8 heteroatoms. The van der Waals surface area contributed by atoms with Gasteiger partial charge in [-0.15, -0.1) is 24.8 Å². The number of hydrogen-bond acceptors (Lipinski definition) is 4. The Morgan fingerprint density at radius 3 is 2.56 bits per heavy atom. The van der Waals surface area contributed by atoms with Crippen molar-refractivity contribution in [1.82, 2.24) is 10.3 Å². The van der Waals surface area contributed by atoms with Crippen LogP contribution in [-0.2, 0) is 9.59 Å². The minimum absolute atomic E-state index is 0. The number of aromatic nitrogens is 1. The molecule has 0 unspecified atom stereocenters. The molecule has 0 atom stereocenters. The third-order valence-electron chi connectivity index (χ3n) is 1.81. The summed E-state index contributed by atoms with van der Waals surface area (Å²) in [7, 11) is 0. The SMILES string of the molecule is Cc1ccnc(NC(=O)CNC(=O)CN)c1.Cl.Cl. The van der Waals surface area contributed by atoms with Crippen molar-refractivity contribution in [1.29, 1.82) is 0 Å². The summed E-state index contributed by atoms with van der Waals surface area (Å²) < 4.78 is 0. The van der Waals surface area contributed by atoms with Gasteiger partial charge in [0.15, 0.2) is 0 Å². The zero-order valence-corrected chi connectivity index (χ0v) is 11.4. The van der Waals surface area contributed by atoms with Crippen LogP contribution in [-0.4, -0.2) is 29.9 Å². The lowest BCUT2D eigenvalue weighted by molar-refractivity contribution is -0.123. The van der Waals surface area contributed by atoms with E-state index in [0.29, 0.717) is 5.82 Å². The van der Waals surface area contributed by atoms with Crippen LogP contribution in [0.3, 0.4) is 0 Å². The van der Waals surface area contributed by atoms with Crippen LogP contribution in [0.25, 0.3) is 0 Å². The van der Waals surface area contributed by atoms with E-state index in [1.54, 1.807) is 12.3 Å². The van der Waals surface area contributed by atoms with Crippen LogP contribution < -0.4 is 16.4 Å². The first-order valence-corrected chi connectivity index (χ1v) is 4.81. The number of rotatable bonds is 4. The number of nitrogens with one attached hydrogen (secondary N) is 2. The number of anilines is 1. The van der Waals surface area contributed by atoms with E-state index in [0.717, 1.165) is 5.56 Å². The van der Waals surface area contributed by atoms with Crippen LogP contribution in [0.2, 0.25) is 0 Å². The van der Waals surface area contributed by atoms with Crippen LogP contribution in [0.5, 0.6) is 0 Å². The Kier molecular flexibility index (Phi) is 10.2. The van der Waals surface area contributed by atoms with Gasteiger partial charge in [0.2, 0.25) is 11.8 Å². The molecule has 18 heavy (non-hydrogen) atoms. The van der Waals surface area contributed by atoms with Crippen molar-refractivity contribution in [3.05, 3.63) is 23.9 Å². The van der Waals surface area contributed by atoms with E-state index in [4.69, 9.17) is 5.73 Å². The van der Waals surface area contributed by atoms with Crippen molar-refractivity contribution >= 4 is 42.4 Å². The number of amides is 2. The summed E-state index contributed by atoms with van der Waals surface area (Å²) in [5.74, 6) is -0.237. The second-order valence-corrected chi connectivity index (χ2v) is 3.25. The van der Waals surface area contributed by atoms with E-state index in [1.165, 1.54) is 0 Å².